The highest BCUT2D eigenvalue weighted by Crippen LogP contribution is 2.29. The van der Waals surface area contributed by atoms with Gasteiger partial charge in [0.2, 0.25) is 5.88 Å². The third kappa shape index (κ3) is 2.33. The van der Waals surface area contributed by atoms with E-state index in [0.717, 1.165) is 0 Å². The summed E-state index contributed by atoms with van der Waals surface area (Å²) in [6.07, 6.45) is -1.61. The van der Waals surface area contributed by atoms with Gasteiger partial charge in [-0.2, -0.15) is 9.97 Å². The second-order valence-electron chi connectivity index (χ2n) is 1.80. The number of rotatable bonds is 1. The van der Waals surface area contributed by atoms with Crippen molar-refractivity contribution in [1.82, 2.24) is 9.97 Å². The smallest absolute Gasteiger partial charge is 0.492 e. The maximum atomic E-state index is 10.0. The van der Waals surface area contributed by atoms with Gasteiger partial charge in [-0.1, -0.05) is 23.2 Å². The maximum Gasteiger partial charge on any atom is 0.513 e. The van der Waals surface area contributed by atoms with Crippen LogP contribution in [0.25, 0.3) is 0 Å². The summed E-state index contributed by atoms with van der Waals surface area (Å²) in [5.74, 6) is -0.641. The predicted molar refractivity (Wildman–Crippen MR) is 42.4 cm³/mol. The molecule has 0 unspecified atom stereocenters. The quantitative estimate of drug-likeness (QED) is 0.556. The molecule has 0 atom stereocenters. The zero-order valence-corrected chi connectivity index (χ0v) is 7.37. The van der Waals surface area contributed by atoms with Crippen LogP contribution in [0.15, 0.2) is 0 Å². The van der Waals surface area contributed by atoms with E-state index in [1.165, 1.54) is 0 Å². The molecule has 6 nitrogen and oxygen atoms in total. The molecule has 13 heavy (non-hydrogen) atoms. The average molecular weight is 225 g/mol. The minimum absolute atomic E-state index is 0.264. The number of carboxylic acid groups (broad SMARTS) is 1. The van der Waals surface area contributed by atoms with Gasteiger partial charge in [0, 0.05) is 0 Å². The molecule has 0 amide bonds. The Morgan fingerprint density at radius 2 is 2.00 bits per heavy atom. The van der Waals surface area contributed by atoms with Crippen LogP contribution >= 0.6 is 23.2 Å². The molecular formula is C5H2Cl2N2O4. The highest BCUT2D eigenvalue weighted by molar-refractivity contribution is 6.41. The fourth-order valence-corrected chi connectivity index (χ4v) is 0.755. The Kier molecular flexibility index (Phi) is 2.74. The zero-order chi connectivity index (χ0) is 10.0. The number of carbonyl (C=O) groups is 1. The summed E-state index contributed by atoms with van der Waals surface area (Å²) in [6.45, 7) is 0. The monoisotopic (exact) mass is 224 g/mol. The largest absolute Gasteiger partial charge is 0.513 e. The third-order valence-corrected chi connectivity index (χ3v) is 1.67. The lowest BCUT2D eigenvalue weighted by molar-refractivity contribution is 0.140. The van der Waals surface area contributed by atoms with Gasteiger partial charge in [-0.3, -0.25) is 0 Å². The molecular weight excluding hydrogens is 223 g/mol. The second-order valence-corrected chi connectivity index (χ2v) is 2.54. The molecule has 0 radical (unpaired) electrons. The fourth-order valence-electron chi connectivity index (χ4n) is 0.514. The standard InChI is InChI=1S/C5H2Cl2N2O4/c6-1-2(7)8-4(9-3(1)10)13-5(11)12/h(H,11,12)(H,8,9,10). The highest BCUT2D eigenvalue weighted by Gasteiger charge is 2.12. The normalized spacial score (nSPS) is 9.69. The van der Waals surface area contributed by atoms with E-state index in [1.807, 2.05) is 0 Å². The topological polar surface area (TPSA) is 92.5 Å². The van der Waals surface area contributed by atoms with E-state index in [0.29, 0.717) is 0 Å². The van der Waals surface area contributed by atoms with E-state index in [-0.39, 0.29) is 10.2 Å². The highest BCUT2D eigenvalue weighted by atomic mass is 35.5. The molecule has 0 spiro atoms. The molecule has 0 aliphatic carbocycles. The number of nitrogens with zero attached hydrogens (tertiary/aromatic N) is 2. The zero-order valence-electron chi connectivity index (χ0n) is 5.86. The molecule has 0 bridgehead atoms. The van der Waals surface area contributed by atoms with Gasteiger partial charge in [0.15, 0.2) is 5.15 Å². The van der Waals surface area contributed by atoms with Gasteiger partial charge < -0.3 is 14.9 Å². The van der Waals surface area contributed by atoms with Crippen molar-refractivity contribution in [2.45, 2.75) is 0 Å². The Morgan fingerprint density at radius 3 is 2.46 bits per heavy atom. The van der Waals surface area contributed by atoms with Crippen LogP contribution in [0.3, 0.4) is 0 Å². The van der Waals surface area contributed by atoms with E-state index >= 15 is 0 Å². The fraction of sp³-hybridized carbons (Fsp3) is 0. The minimum atomic E-state index is -1.61. The Morgan fingerprint density at radius 1 is 1.38 bits per heavy atom. The molecule has 0 aromatic carbocycles. The van der Waals surface area contributed by atoms with Crippen molar-refractivity contribution < 1.29 is 19.7 Å². The number of aromatic nitrogens is 2. The van der Waals surface area contributed by atoms with Crippen molar-refractivity contribution in [3.8, 4) is 11.9 Å². The summed E-state index contributed by atoms with van der Waals surface area (Å²) >= 11 is 10.8. The molecule has 1 heterocycles. The summed E-state index contributed by atoms with van der Waals surface area (Å²) in [5, 5.41) is 16.6. The molecule has 0 aliphatic heterocycles. The number of halogens is 2. The van der Waals surface area contributed by atoms with Gasteiger partial charge in [-0.25, -0.2) is 4.79 Å². The van der Waals surface area contributed by atoms with Crippen molar-refractivity contribution in [3.05, 3.63) is 10.2 Å². The first-order chi connectivity index (χ1) is 6.00. The number of aromatic hydroxyl groups is 1. The molecule has 1 aromatic heterocycles. The van der Waals surface area contributed by atoms with Gasteiger partial charge >= 0.3 is 12.2 Å². The first-order valence-corrected chi connectivity index (χ1v) is 3.59. The van der Waals surface area contributed by atoms with Gasteiger partial charge in [0.05, 0.1) is 0 Å². The minimum Gasteiger partial charge on any atom is -0.492 e. The van der Waals surface area contributed by atoms with E-state index in [2.05, 4.69) is 14.7 Å². The SMILES string of the molecule is O=C(O)Oc1nc(O)c(Cl)c(Cl)n1. The molecule has 70 valence electrons. The molecule has 2 N–H and O–H groups in total. The molecule has 0 aliphatic rings. The van der Waals surface area contributed by atoms with Crippen LogP contribution < -0.4 is 4.74 Å². The molecule has 0 fully saturated rings. The van der Waals surface area contributed by atoms with Gasteiger partial charge in [0.1, 0.15) is 5.02 Å². The first kappa shape index (κ1) is 9.82. The van der Waals surface area contributed by atoms with Gasteiger partial charge in [-0.05, 0) is 0 Å². The molecule has 0 saturated heterocycles. The summed E-state index contributed by atoms with van der Waals surface area (Å²) in [7, 11) is 0. The number of hydrogen-bond acceptors (Lipinski definition) is 5. The lowest BCUT2D eigenvalue weighted by Crippen LogP contribution is -2.06. The van der Waals surface area contributed by atoms with Crippen LogP contribution in [0.4, 0.5) is 4.79 Å². The van der Waals surface area contributed by atoms with Crippen LogP contribution in [-0.4, -0.2) is 26.3 Å². The van der Waals surface area contributed by atoms with E-state index in [1.54, 1.807) is 0 Å². The van der Waals surface area contributed by atoms with Crippen molar-refractivity contribution in [1.29, 1.82) is 0 Å². The molecule has 1 rings (SSSR count). The lowest BCUT2D eigenvalue weighted by atomic mass is 10.6. The Hall–Kier alpha value is -1.27. The van der Waals surface area contributed by atoms with Crippen LogP contribution in [0, 0.1) is 0 Å². The maximum absolute atomic E-state index is 10.0. The van der Waals surface area contributed by atoms with Gasteiger partial charge in [-0.15, -0.1) is 0 Å². The number of hydrogen-bond donors (Lipinski definition) is 2. The first-order valence-electron chi connectivity index (χ1n) is 2.83. The van der Waals surface area contributed by atoms with Crippen LogP contribution in [0.2, 0.25) is 10.2 Å². The van der Waals surface area contributed by atoms with Crippen LogP contribution in [0.5, 0.6) is 11.9 Å². The van der Waals surface area contributed by atoms with E-state index in [4.69, 9.17) is 33.4 Å². The average Bonchev–Trinajstić information content (AvgIpc) is 1.98. The summed E-state index contributed by atoms with van der Waals surface area (Å²) in [6, 6.07) is -0.584. The number of ether oxygens (including phenoxy) is 1. The van der Waals surface area contributed by atoms with Crippen molar-refractivity contribution in [2.24, 2.45) is 0 Å². The van der Waals surface area contributed by atoms with Crippen LogP contribution in [-0.2, 0) is 0 Å². The second kappa shape index (κ2) is 3.63. The van der Waals surface area contributed by atoms with Crippen molar-refractivity contribution in [2.75, 3.05) is 0 Å². The van der Waals surface area contributed by atoms with Crippen molar-refractivity contribution >= 4 is 29.4 Å². The lowest BCUT2D eigenvalue weighted by Gasteiger charge is -2.00. The molecule has 0 saturated carbocycles. The summed E-state index contributed by atoms with van der Waals surface area (Å²) in [5.41, 5.74) is 0. The van der Waals surface area contributed by atoms with Gasteiger partial charge in [0.25, 0.3) is 0 Å². The van der Waals surface area contributed by atoms with E-state index in [9.17, 15) is 4.79 Å². The Balaban J connectivity index is 3.06. The predicted octanol–water partition coefficient (Wildman–Crippen LogP) is 1.55. The van der Waals surface area contributed by atoms with Crippen LogP contribution in [0.1, 0.15) is 0 Å². The van der Waals surface area contributed by atoms with Crippen molar-refractivity contribution in [3.63, 3.8) is 0 Å². The Bertz CT molecular complexity index is 333. The summed E-state index contributed by atoms with van der Waals surface area (Å²) < 4.78 is 4.02. The third-order valence-electron chi connectivity index (χ3n) is 0.951. The van der Waals surface area contributed by atoms with E-state index < -0.39 is 18.0 Å². The Labute approximate surface area is 81.7 Å². The molecule has 1 aromatic rings. The molecule has 8 heteroatoms. The summed E-state index contributed by atoms with van der Waals surface area (Å²) in [4.78, 5) is 16.5.